The zero-order valence-corrected chi connectivity index (χ0v) is 24.1. The van der Waals surface area contributed by atoms with Gasteiger partial charge in [0.2, 0.25) is 6.79 Å². The van der Waals surface area contributed by atoms with Crippen LogP contribution in [0.1, 0.15) is 36.6 Å². The fraction of sp³-hybridized carbons (Fsp3) is 0.194. The molecule has 8 nitrogen and oxygen atoms in total. The summed E-state index contributed by atoms with van der Waals surface area (Å²) in [6.07, 6.45) is 1.69. The van der Waals surface area contributed by atoms with Crippen LogP contribution in [0.15, 0.2) is 81.7 Å². The van der Waals surface area contributed by atoms with Crippen LogP contribution in [0, 0.1) is 5.82 Å². The lowest BCUT2D eigenvalue weighted by Crippen LogP contribution is -2.39. The van der Waals surface area contributed by atoms with E-state index in [1.807, 2.05) is 0 Å². The van der Waals surface area contributed by atoms with Crippen LogP contribution in [0.4, 0.5) is 4.39 Å². The van der Waals surface area contributed by atoms with Crippen LogP contribution in [0.25, 0.3) is 6.08 Å². The van der Waals surface area contributed by atoms with E-state index in [-0.39, 0.29) is 37.0 Å². The maximum absolute atomic E-state index is 14.0. The van der Waals surface area contributed by atoms with Crippen LogP contribution in [-0.2, 0) is 16.1 Å². The highest BCUT2D eigenvalue weighted by molar-refractivity contribution is 7.07. The van der Waals surface area contributed by atoms with Gasteiger partial charge in [-0.25, -0.2) is 14.2 Å². The summed E-state index contributed by atoms with van der Waals surface area (Å²) in [6.45, 7) is 3.90. The quantitative estimate of drug-likeness (QED) is 0.278. The van der Waals surface area contributed by atoms with E-state index >= 15 is 0 Å². The fourth-order valence-corrected chi connectivity index (χ4v) is 6.05. The van der Waals surface area contributed by atoms with E-state index in [0.29, 0.717) is 48.4 Å². The van der Waals surface area contributed by atoms with Gasteiger partial charge in [-0.3, -0.25) is 9.36 Å². The fourth-order valence-electron chi connectivity index (χ4n) is 4.84. The van der Waals surface area contributed by atoms with Gasteiger partial charge < -0.3 is 18.9 Å². The Morgan fingerprint density at radius 2 is 1.93 bits per heavy atom. The van der Waals surface area contributed by atoms with E-state index in [2.05, 4.69) is 4.99 Å². The molecule has 4 aromatic rings. The normalized spacial score (nSPS) is 15.8. The van der Waals surface area contributed by atoms with Crippen LogP contribution < -0.4 is 29.1 Å². The highest BCUT2D eigenvalue weighted by Gasteiger charge is 2.34. The maximum atomic E-state index is 14.0. The van der Waals surface area contributed by atoms with Gasteiger partial charge in [0.15, 0.2) is 16.3 Å². The van der Waals surface area contributed by atoms with E-state index in [1.165, 1.54) is 28.0 Å². The van der Waals surface area contributed by atoms with Gasteiger partial charge in [-0.2, -0.15) is 0 Å². The van der Waals surface area contributed by atoms with Crippen molar-refractivity contribution in [2.75, 3.05) is 13.4 Å². The van der Waals surface area contributed by atoms with Gasteiger partial charge in [-0.1, -0.05) is 41.1 Å². The van der Waals surface area contributed by atoms with Crippen molar-refractivity contribution >= 4 is 35.0 Å². The Morgan fingerprint density at radius 1 is 1.14 bits per heavy atom. The summed E-state index contributed by atoms with van der Waals surface area (Å²) in [5.74, 6) is 0.710. The van der Waals surface area contributed by atoms with Gasteiger partial charge in [-0.15, -0.1) is 0 Å². The molecule has 6 rings (SSSR count). The van der Waals surface area contributed by atoms with Gasteiger partial charge in [0.05, 0.1) is 28.5 Å². The molecule has 11 heteroatoms. The number of halogens is 2. The monoisotopic (exact) mass is 606 g/mol. The predicted octanol–water partition coefficient (Wildman–Crippen LogP) is 4.90. The number of thiazole rings is 1. The number of aromatic nitrogens is 1. The molecule has 0 radical (unpaired) electrons. The first kappa shape index (κ1) is 27.7. The summed E-state index contributed by atoms with van der Waals surface area (Å²) in [6, 6.07) is 15.6. The molecule has 0 amide bonds. The van der Waals surface area contributed by atoms with Crippen LogP contribution in [0.2, 0.25) is 5.02 Å². The molecule has 0 saturated carbocycles. The number of ether oxygens (including phenoxy) is 4. The molecular formula is C31H24ClFN2O6S. The Balaban J connectivity index is 1.45. The molecule has 0 aliphatic carbocycles. The largest absolute Gasteiger partial charge is 0.488 e. The second-order valence-corrected chi connectivity index (χ2v) is 11.0. The van der Waals surface area contributed by atoms with Crippen molar-refractivity contribution in [3.8, 4) is 17.2 Å². The molecule has 0 bridgehead atoms. The first-order valence-corrected chi connectivity index (χ1v) is 14.3. The molecule has 42 heavy (non-hydrogen) atoms. The van der Waals surface area contributed by atoms with Crippen LogP contribution >= 0.6 is 22.9 Å². The smallest absolute Gasteiger partial charge is 0.338 e. The van der Waals surface area contributed by atoms with E-state index in [9.17, 15) is 14.0 Å². The standard InChI is InChI=1S/C31H24ClFN2O6S/c1-3-38-30(37)27-17(2)34-31-35(28(27)19-6-10-24-25(13-19)41-16-40-24)29(36)26(42-31)14-20-12-21(32)7-11-23(20)39-15-18-4-8-22(33)9-5-18/h4-14,28H,3,15-16H2,1-2H3/b26-14-/t28-/m1/s1. The van der Waals surface area contributed by atoms with Crippen molar-refractivity contribution in [1.29, 1.82) is 0 Å². The number of esters is 1. The average Bonchev–Trinajstić information content (AvgIpc) is 3.56. The third-order valence-corrected chi connectivity index (χ3v) is 8.01. The maximum Gasteiger partial charge on any atom is 0.338 e. The van der Waals surface area contributed by atoms with E-state index in [1.54, 1.807) is 68.5 Å². The summed E-state index contributed by atoms with van der Waals surface area (Å²) < 4.78 is 37.6. The first-order valence-electron chi connectivity index (χ1n) is 13.1. The predicted molar refractivity (Wildman–Crippen MR) is 155 cm³/mol. The molecule has 2 aliphatic rings. The average molecular weight is 607 g/mol. The van der Waals surface area contributed by atoms with Crippen LogP contribution in [0.3, 0.4) is 0 Å². The number of rotatable bonds is 7. The van der Waals surface area contributed by atoms with Gasteiger partial charge in [0.1, 0.15) is 18.2 Å². The first-order chi connectivity index (χ1) is 20.3. The van der Waals surface area contributed by atoms with Crippen molar-refractivity contribution in [3.05, 3.63) is 119 Å². The second-order valence-electron chi connectivity index (χ2n) is 9.51. The number of allylic oxidation sites excluding steroid dienone is 1. The van der Waals surface area contributed by atoms with Gasteiger partial charge in [0, 0.05) is 10.6 Å². The molecule has 0 unspecified atom stereocenters. The van der Waals surface area contributed by atoms with Crippen LogP contribution in [-0.4, -0.2) is 23.9 Å². The van der Waals surface area contributed by atoms with Crippen molar-refractivity contribution in [3.63, 3.8) is 0 Å². The summed E-state index contributed by atoms with van der Waals surface area (Å²) in [7, 11) is 0. The van der Waals surface area contributed by atoms with Crippen molar-refractivity contribution in [2.24, 2.45) is 4.99 Å². The lowest BCUT2D eigenvalue weighted by molar-refractivity contribution is -0.139. The van der Waals surface area contributed by atoms with Crippen molar-refractivity contribution < 1.29 is 28.1 Å². The second kappa shape index (κ2) is 11.5. The number of carbonyl (C=O) groups is 1. The Labute approximate surface area is 248 Å². The molecule has 0 saturated heterocycles. The highest BCUT2D eigenvalue weighted by atomic mass is 35.5. The molecule has 0 fully saturated rings. The highest BCUT2D eigenvalue weighted by Crippen LogP contribution is 2.38. The number of benzene rings is 3. The number of fused-ring (bicyclic) bond motifs is 2. The molecule has 3 heterocycles. The molecule has 0 N–H and O–H groups in total. The molecule has 1 atom stereocenters. The summed E-state index contributed by atoms with van der Waals surface area (Å²) in [4.78, 5) is 32.2. The molecule has 214 valence electrons. The Hall–Kier alpha value is -4.41. The number of hydrogen-bond donors (Lipinski definition) is 0. The third-order valence-electron chi connectivity index (χ3n) is 6.80. The van der Waals surface area contributed by atoms with Gasteiger partial charge in [0.25, 0.3) is 5.56 Å². The van der Waals surface area contributed by atoms with E-state index in [0.717, 1.165) is 5.56 Å². The lowest BCUT2D eigenvalue weighted by Gasteiger charge is -2.24. The molecule has 0 spiro atoms. The van der Waals surface area contributed by atoms with Crippen LogP contribution in [0.5, 0.6) is 17.2 Å². The Kier molecular flexibility index (Phi) is 7.57. The SMILES string of the molecule is CCOC(=O)C1=C(C)N=c2s/c(=C\c3cc(Cl)ccc3OCc3ccc(F)cc3)c(=O)n2[C@@H]1c1ccc2c(c1)OCO2. The molecule has 3 aromatic carbocycles. The summed E-state index contributed by atoms with van der Waals surface area (Å²) in [5.41, 5.74) is 2.38. The third kappa shape index (κ3) is 5.31. The van der Waals surface area contributed by atoms with E-state index in [4.69, 9.17) is 30.5 Å². The molecule has 2 aliphatic heterocycles. The minimum Gasteiger partial charge on any atom is -0.488 e. The summed E-state index contributed by atoms with van der Waals surface area (Å²) in [5, 5.41) is 0.460. The molecular weight excluding hydrogens is 583 g/mol. The van der Waals surface area contributed by atoms with Crippen molar-refractivity contribution in [2.45, 2.75) is 26.5 Å². The number of nitrogens with zero attached hydrogens (tertiary/aromatic N) is 2. The van der Waals surface area contributed by atoms with E-state index < -0.39 is 12.0 Å². The topological polar surface area (TPSA) is 88.4 Å². The Bertz CT molecular complexity index is 1910. The van der Waals surface area contributed by atoms with Gasteiger partial charge in [-0.05, 0) is 73.5 Å². The Morgan fingerprint density at radius 3 is 2.71 bits per heavy atom. The zero-order chi connectivity index (χ0) is 29.4. The minimum absolute atomic E-state index is 0.0896. The lowest BCUT2D eigenvalue weighted by atomic mass is 9.95. The van der Waals surface area contributed by atoms with Gasteiger partial charge >= 0.3 is 5.97 Å². The minimum atomic E-state index is -0.800. The van der Waals surface area contributed by atoms with Crippen molar-refractivity contribution in [1.82, 2.24) is 4.57 Å². The zero-order valence-electron chi connectivity index (χ0n) is 22.6. The number of carbonyl (C=O) groups excluding carboxylic acids is 1. The number of hydrogen-bond acceptors (Lipinski definition) is 8. The summed E-state index contributed by atoms with van der Waals surface area (Å²) >= 11 is 7.50. The molecule has 1 aromatic heterocycles.